The summed E-state index contributed by atoms with van der Waals surface area (Å²) in [6.07, 6.45) is 2.55. The van der Waals surface area contributed by atoms with Crippen molar-refractivity contribution in [1.29, 1.82) is 5.26 Å². The number of carbonyl (C=O) groups excluding carboxylic acids is 2. The lowest BCUT2D eigenvalue weighted by Gasteiger charge is -2.35. The normalized spacial score (nSPS) is 18.2. The van der Waals surface area contributed by atoms with Crippen LogP contribution in [0.5, 0.6) is 0 Å². The first kappa shape index (κ1) is 17.9. The highest BCUT2D eigenvalue weighted by molar-refractivity contribution is 6.05. The number of nitriles is 1. The number of anilines is 3. The van der Waals surface area contributed by atoms with Crippen molar-refractivity contribution in [3.63, 3.8) is 0 Å². The van der Waals surface area contributed by atoms with E-state index in [0.717, 1.165) is 25.2 Å². The van der Waals surface area contributed by atoms with E-state index < -0.39 is 0 Å². The number of fused-ring (bicyclic) bond motifs is 4. The van der Waals surface area contributed by atoms with Gasteiger partial charge in [0.25, 0.3) is 0 Å². The molecule has 4 heterocycles. The minimum Gasteiger partial charge on any atom is -0.366 e. The summed E-state index contributed by atoms with van der Waals surface area (Å²) in [7, 11) is 0. The quantitative estimate of drug-likeness (QED) is 0.823. The van der Waals surface area contributed by atoms with E-state index in [-0.39, 0.29) is 35.9 Å². The van der Waals surface area contributed by atoms with E-state index in [1.807, 2.05) is 6.07 Å². The largest absolute Gasteiger partial charge is 0.366 e. The summed E-state index contributed by atoms with van der Waals surface area (Å²) in [5, 5.41) is 11.8. The first-order valence-electron chi connectivity index (χ1n) is 9.27. The highest BCUT2D eigenvalue weighted by atomic mass is 16.2. The molecule has 2 bridgehead atoms. The second kappa shape index (κ2) is 7.27. The molecule has 0 spiro atoms. The molecule has 2 amide bonds. The fraction of sp³-hybridized carbons (Fsp3) is 0.350. The number of urea groups is 1. The molecular formula is C20H20N6O2. The number of carbonyl (C=O) groups is 2. The summed E-state index contributed by atoms with van der Waals surface area (Å²) in [4.78, 5) is 38.0. The number of hydrogen-bond donors (Lipinski definition) is 1. The standard InChI is InChI=1S/C20H20N6O2/c1-13(11-21)10-17(27)15-5-6-16-19(23-15)26(14-7-9-25(16)12-14)20(28)24-18-4-2-3-8-22-18/h2-6,8,13-14H,7,9-10,12H2,1H3,(H,22,24,28)/t13?,14-/m0/s1. The van der Waals surface area contributed by atoms with Crippen LogP contribution in [0, 0.1) is 17.2 Å². The summed E-state index contributed by atoms with van der Waals surface area (Å²) in [5.74, 6) is 0.367. The van der Waals surface area contributed by atoms with Crippen LogP contribution in [0.2, 0.25) is 0 Å². The molecule has 1 saturated heterocycles. The van der Waals surface area contributed by atoms with Gasteiger partial charge in [0, 0.05) is 25.7 Å². The van der Waals surface area contributed by atoms with Gasteiger partial charge in [-0.1, -0.05) is 6.07 Å². The van der Waals surface area contributed by atoms with Gasteiger partial charge in [-0.25, -0.2) is 14.8 Å². The van der Waals surface area contributed by atoms with Crippen molar-refractivity contribution in [2.75, 3.05) is 28.2 Å². The van der Waals surface area contributed by atoms with E-state index in [1.54, 1.807) is 42.3 Å². The summed E-state index contributed by atoms with van der Waals surface area (Å²) >= 11 is 0. The first-order chi connectivity index (χ1) is 13.6. The van der Waals surface area contributed by atoms with Crippen LogP contribution in [-0.2, 0) is 0 Å². The summed E-state index contributed by atoms with van der Waals surface area (Å²) in [6.45, 7) is 3.28. The van der Waals surface area contributed by atoms with Gasteiger partial charge < -0.3 is 4.90 Å². The van der Waals surface area contributed by atoms with Crippen LogP contribution >= 0.6 is 0 Å². The molecule has 0 aromatic carbocycles. The fourth-order valence-electron chi connectivity index (χ4n) is 3.66. The first-order valence-corrected chi connectivity index (χ1v) is 9.27. The van der Waals surface area contributed by atoms with E-state index in [1.165, 1.54) is 0 Å². The van der Waals surface area contributed by atoms with Crippen LogP contribution < -0.4 is 15.1 Å². The van der Waals surface area contributed by atoms with Crippen molar-refractivity contribution in [3.05, 3.63) is 42.2 Å². The molecule has 1 unspecified atom stereocenters. The minimum atomic E-state index is -0.381. The molecular weight excluding hydrogens is 356 g/mol. The SMILES string of the molecule is CC(C#N)CC(=O)c1ccc2c(n1)N(C(=O)Nc1ccccn1)[C@H]1CCN2C1. The molecule has 142 valence electrons. The summed E-state index contributed by atoms with van der Waals surface area (Å²) in [5.41, 5.74) is 1.12. The Morgan fingerprint density at radius 1 is 1.36 bits per heavy atom. The van der Waals surface area contributed by atoms with Gasteiger partial charge in [-0.2, -0.15) is 5.26 Å². The third-order valence-corrected chi connectivity index (χ3v) is 5.07. The zero-order valence-electron chi connectivity index (χ0n) is 15.5. The summed E-state index contributed by atoms with van der Waals surface area (Å²) in [6, 6.07) is 10.6. The Labute approximate surface area is 162 Å². The number of rotatable bonds is 4. The third-order valence-electron chi connectivity index (χ3n) is 5.07. The number of hydrogen-bond acceptors (Lipinski definition) is 6. The fourth-order valence-corrected chi connectivity index (χ4v) is 3.66. The Balaban J connectivity index is 1.66. The molecule has 0 saturated carbocycles. The van der Waals surface area contributed by atoms with Crippen LogP contribution in [-0.4, -0.2) is 40.9 Å². The van der Waals surface area contributed by atoms with Crippen molar-refractivity contribution in [3.8, 4) is 6.07 Å². The molecule has 0 radical (unpaired) electrons. The lowest BCUT2D eigenvalue weighted by Crippen LogP contribution is -2.48. The Hall–Kier alpha value is -3.47. The van der Waals surface area contributed by atoms with Crippen molar-refractivity contribution in [1.82, 2.24) is 9.97 Å². The van der Waals surface area contributed by atoms with E-state index in [0.29, 0.717) is 11.6 Å². The second-order valence-corrected chi connectivity index (χ2v) is 7.10. The van der Waals surface area contributed by atoms with Crippen LogP contribution in [0.25, 0.3) is 0 Å². The summed E-state index contributed by atoms with van der Waals surface area (Å²) < 4.78 is 0. The zero-order chi connectivity index (χ0) is 19.7. The topological polar surface area (TPSA) is 102 Å². The number of aromatic nitrogens is 2. The average molecular weight is 376 g/mol. The monoisotopic (exact) mass is 376 g/mol. The number of nitrogens with zero attached hydrogens (tertiary/aromatic N) is 5. The average Bonchev–Trinajstić information content (AvgIpc) is 3.12. The predicted octanol–water partition coefficient (Wildman–Crippen LogP) is 2.84. The molecule has 28 heavy (non-hydrogen) atoms. The molecule has 2 aliphatic rings. The molecule has 2 aromatic heterocycles. The number of pyridine rings is 2. The molecule has 2 aliphatic heterocycles. The highest BCUT2D eigenvalue weighted by Gasteiger charge is 2.40. The lowest BCUT2D eigenvalue weighted by molar-refractivity contribution is 0.0968. The van der Waals surface area contributed by atoms with Crippen molar-refractivity contribution < 1.29 is 9.59 Å². The van der Waals surface area contributed by atoms with Gasteiger partial charge >= 0.3 is 6.03 Å². The predicted molar refractivity (Wildman–Crippen MR) is 104 cm³/mol. The van der Waals surface area contributed by atoms with Gasteiger partial charge in [-0.15, -0.1) is 0 Å². The van der Waals surface area contributed by atoms with Crippen LogP contribution in [0.4, 0.5) is 22.1 Å². The van der Waals surface area contributed by atoms with Crippen molar-refractivity contribution in [2.45, 2.75) is 25.8 Å². The maximum atomic E-state index is 13.0. The highest BCUT2D eigenvalue weighted by Crippen LogP contribution is 2.39. The van der Waals surface area contributed by atoms with E-state index >= 15 is 0 Å². The molecule has 8 nitrogen and oxygen atoms in total. The van der Waals surface area contributed by atoms with E-state index in [4.69, 9.17) is 5.26 Å². The number of amides is 2. The molecule has 2 aromatic rings. The molecule has 4 rings (SSSR count). The molecule has 0 aliphatic carbocycles. The van der Waals surface area contributed by atoms with E-state index in [9.17, 15) is 9.59 Å². The van der Waals surface area contributed by atoms with Gasteiger partial charge in [-0.3, -0.25) is 15.0 Å². The Morgan fingerprint density at radius 2 is 2.21 bits per heavy atom. The Kier molecular flexibility index (Phi) is 4.65. The van der Waals surface area contributed by atoms with Crippen LogP contribution in [0.15, 0.2) is 36.5 Å². The second-order valence-electron chi connectivity index (χ2n) is 7.10. The smallest absolute Gasteiger partial charge is 0.329 e. The van der Waals surface area contributed by atoms with Gasteiger partial charge in [0.05, 0.1) is 23.7 Å². The molecule has 8 heteroatoms. The van der Waals surface area contributed by atoms with Gasteiger partial charge in [0.15, 0.2) is 11.6 Å². The van der Waals surface area contributed by atoms with Crippen LogP contribution in [0.3, 0.4) is 0 Å². The van der Waals surface area contributed by atoms with Crippen molar-refractivity contribution in [2.24, 2.45) is 5.92 Å². The number of Topliss-reactive ketones (excluding diaryl/α,β-unsaturated/α-hetero) is 1. The minimum absolute atomic E-state index is 0.00732. The molecule has 2 atom stereocenters. The lowest BCUT2D eigenvalue weighted by atomic mass is 10.0. The van der Waals surface area contributed by atoms with Crippen molar-refractivity contribution >= 4 is 29.1 Å². The number of ketones is 1. The third kappa shape index (κ3) is 3.27. The Bertz CT molecular complexity index is 955. The van der Waals surface area contributed by atoms with Crippen LogP contribution in [0.1, 0.15) is 30.3 Å². The van der Waals surface area contributed by atoms with Gasteiger partial charge in [-0.05, 0) is 37.6 Å². The molecule has 1 N–H and O–H groups in total. The number of nitrogens with one attached hydrogen (secondary N) is 1. The zero-order valence-corrected chi connectivity index (χ0v) is 15.5. The maximum absolute atomic E-state index is 13.0. The Morgan fingerprint density at radius 3 is 2.96 bits per heavy atom. The van der Waals surface area contributed by atoms with Gasteiger partial charge in [0.2, 0.25) is 0 Å². The maximum Gasteiger partial charge on any atom is 0.329 e. The van der Waals surface area contributed by atoms with E-state index in [2.05, 4.69) is 26.3 Å². The van der Waals surface area contributed by atoms with Gasteiger partial charge in [0.1, 0.15) is 11.5 Å². The molecule has 1 fully saturated rings.